The summed E-state index contributed by atoms with van der Waals surface area (Å²) in [4.78, 5) is 32.2. The van der Waals surface area contributed by atoms with E-state index in [0.717, 1.165) is 34.7 Å². The first-order chi connectivity index (χ1) is 14.4. The van der Waals surface area contributed by atoms with E-state index in [1.54, 1.807) is 18.7 Å². The summed E-state index contributed by atoms with van der Waals surface area (Å²) in [6.45, 7) is 5.21. The highest BCUT2D eigenvalue weighted by molar-refractivity contribution is 8.03. The smallest absolute Gasteiger partial charge is 0.333 e. The SMILES string of the molecule is C[C@@H](O)[C@H]1C(=O)C2C(C(=O)O)=C(SC3CN(c4ccc5ccccc5n4)C3)[C@H](C)[C@@H]21. The topological polar surface area (TPSA) is 90.7 Å². The number of aliphatic hydroxyl groups excluding tert-OH is 1. The Bertz CT molecular complexity index is 1080. The second-order valence-electron chi connectivity index (χ2n) is 8.60. The molecule has 6 nitrogen and oxygen atoms in total. The van der Waals surface area contributed by atoms with Gasteiger partial charge in [0, 0.05) is 29.6 Å². The molecular weight excluding hydrogens is 400 g/mol. The number of benzene rings is 1. The Labute approximate surface area is 179 Å². The molecule has 1 unspecified atom stereocenters. The maximum absolute atomic E-state index is 12.5. The summed E-state index contributed by atoms with van der Waals surface area (Å²) in [5.41, 5.74) is 1.23. The van der Waals surface area contributed by atoms with E-state index < -0.39 is 23.9 Å². The molecule has 0 radical (unpaired) electrons. The zero-order chi connectivity index (χ0) is 21.2. The van der Waals surface area contributed by atoms with Crippen LogP contribution in [0.5, 0.6) is 0 Å². The number of allylic oxidation sites excluding steroid dienone is 1. The van der Waals surface area contributed by atoms with Crippen LogP contribution in [0.2, 0.25) is 0 Å². The molecule has 2 aliphatic carbocycles. The third-order valence-corrected chi connectivity index (χ3v) is 8.28. The minimum Gasteiger partial charge on any atom is -0.478 e. The number of anilines is 1. The molecule has 7 heteroatoms. The van der Waals surface area contributed by atoms with Crippen LogP contribution in [0.3, 0.4) is 0 Å². The summed E-state index contributed by atoms with van der Waals surface area (Å²) in [6, 6.07) is 12.1. The Hall–Kier alpha value is -2.38. The molecule has 0 bridgehead atoms. The normalized spacial score (nSPS) is 29.6. The third kappa shape index (κ3) is 2.87. The lowest BCUT2D eigenvalue weighted by atomic mass is 9.59. The number of rotatable bonds is 5. The Morgan fingerprint density at radius 1 is 1.23 bits per heavy atom. The van der Waals surface area contributed by atoms with Gasteiger partial charge in [0.25, 0.3) is 0 Å². The van der Waals surface area contributed by atoms with E-state index in [-0.39, 0.29) is 28.4 Å². The Balaban J connectivity index is 1.31. The van der Waals surface area contributed by atoms with Crippen molar-refractivity contribution in [1.29, 1.82) is 0 Å². The fourth-order valence-corrected chi connectivity index (χ4v) is 6.84. The average Bonchev–Trinajstić information content (AvgIpc) is 2.92. The first-order valence-corrected chi connectivity index (χ1v) is 11.2. The van der Waals surface area contributed by atoms with Crippen molar-refractivity contribution in [2.75, 3.05) is 18.0 Å². The fraction of sp³-hybridized carbons (Fsp3) is 0.435. The number of ketones is 1. The number of carbonyl (C=O) groups is 2. The van der Waals surface area contributed by atoms with E-state index in [1.165, 1.54) is 0 Å². The number of carbonyl (C=O) groups excluding carboxylic acids is 1. The lowest BCUT2D eigenvalue weighted by molar-refractivity contribution is -0.151. The number of hydrogen-bond acceptors (Lipinski definition) is 6. The highest BCUT2D eigenvalue weighted by Crippen LogP contribution is 2.59. The van der Waals surface area contributed by atoms with E-state index in [0.29, 0.717) is 0 Å². The number of thioether (sulfide) groups is 1. The van der Waals surface area contributed by atoms with E-state index in [4.69, 9.17) is 4.98 Å². The molecule has 2 aromatic rings. The second kappa shape index (κ2) is 7.10. The molecule has 30 heavy (non-hydrogen) atoms. The molecule has 0 amide bonds. The van der Waals surface area contributed by atoms with Crippen molar-refractivity contribution in [3.8, 4) is 0 Å². The number of aliphatic carboxylic acids is 1. The summed E-state index contributed by atoms with van der Waals surface area (Å²) in [5.74, 6) is -1.30. The number of Topliss-reactive ketones (excluding diaryl/α,β-unsaturated/α-hetero) is 1. The van der Waals surface area contributed by atoms with Gasteiger partial charge in [-0.15, -0.1) is 11.8 Å². The minimum atomic E-state index is -0.999. The third-order valence-electron chi connectivity index (χ3n) is 6.80. The Kier molecular flexibility index (Phi) is 4.63. The first-order valence-electron chi connectivity index (χ1n) is 10.3. The van der Waals surface area contributed by atoms with Crippen molar-refractivity contribution >= 4 is 40.2 Å². The van der Waals surface area contributed by atoms with Crippen molar-refractivity contribution in [3.63, 3.8) is 0 Å². The number of nitrogens with zero attached hydrogens (tertiary/aromatic N) is 2. The molecule has 2 heterocycles. The van der Waals surface area contributed by atoms with Gasteiger partial charge in [-0.25, -0.2) is 9.78 Å². The van der Waals surface area contributed by atoms with Crippen LogP contribution in [0.25, 0.3) is 10.9 Å². The lowest BCUT2D eigenvalue weighted by Gasteiger charge is -2.43. The Morgan fingerprint density at radius 3 is 2.67 bits per heavy atom. The van der Waals surface area contributed by atoms with Gasteiger partial charge in [-0.1, -0.05) is 25.1 Å². The predicted molar refractivity (Wildman–Crippen MR) is 116 cm³/mol. The highest BCUT2D eigenvalue weighted by Gasteiger charge is 2.61. The number of fused-ring (bicyclic) bond motifs is 2. The number of carboxylic acid groups (broad SMARTS) is 1. The molecule has 2 N–H and O–H groups in total. The number of pyridine rings is 1. The van der Waals surface area contributed by atoms with Crippen LogP contribution in [0, 0.1) is 23.7 Å². The van der Waals surface area contributed by atoms with Gasteiger partial charge in [-0.05, 0) is 41.9 Å². The van der Waals surface area contributed by atoms with Crippen LogP contribution in [-0.2, 0) is 9.59 Å². The molecule has 1 aromatic carbocycles. The maximum Gasteiger partial charge on any atom is 0.333 e. The average molecular weight is 425 g/mol. The number of carboxylic acids is 1. The zero-order valence-electron chi connectivity index (χ0n) is 16.9. The Morgan fingerprint density at radius 2 is 1.97 bits per heavy atom. The van der Waals surface area contributed by atoms with Crippen LogP contribution in [-0.4, -0.2) is 51.4 Å². The molecule has 3 aliphatic rings. The summed E-state index contributed by atoms with van der Waals surface area (Å²) in [6.07, 6.45) is -0.737. The lowest BCUT2D eigenvalue weighted by Crippen LogP contribution is -2.53. The standard InChI is InChI=1S/C23H24N2O4S/c1-11-17-18(12(2)26)21(27)19(17)20(23(28)29)22(11)30-14-9-25(10-14)16-8-7-13-5-3-4-6-15(13)24-16/h3-8,11-12,14,17-19,26H,9-10H2,1-2H3,(H,28,29)/t11-,12-,17-,18-,19?/m1/s1. The van der Waals surface area contributed by atoms with E-state index in [1.807, 2.05) is 37.3 Å². The molecule has 156 valence electrons. The molecule has 0 spiro atoms. The van der Waals surface area contributed by atoms with Gasteiger partial charge >= 0.3 is 5.97 Å². The summed E-state index contributed by atoms with van der Waals surface area (Å²) < 4.78 is 0. The second-order valence-corrected chi connectivity index (χ2v) is 9.94. The van der Waals surface area contributed by atoms with Gasteiger partial charge in [-0.2, -0.15) is 0 Å². The van der Waals surface area contributed by atoms with Gasteiger partial charge in [-0.3, -0.25) is 4.79 Å². The zero-order valence-corrected chi connectivity index (χ0v) is 17.7. The van der Waals surface area contributed by atoms with Crippen molar-refractivity contribution in [2.45, 2.75) is 25.2 Å². The van der Waals surface area contributed by atoms with E-state index in [9.17, 15) is 19.8 Å². The van der Waals surface area contributed by atoms with Crippen molar-refractivity contribution in [2.24, 2.45) is 23.7 Å². The molecule has 1 saturated heterocycles. The fourth-order valence-electron chi connectivity index (χ4n) is 5.26. The van der Waals surface area contributed by atoms with Crippen molar-refractivity contribution in [1.82, 2.24) is 4.98 Å². The summed E-state index contributed by atoms with van der Waals surface area (Å²) in [5, 5.41) is 21.2. The van der Waals surface area contributed by atoms with Gasteiger partial charge in [0.05, 0.1) is 23.1 Å². The molecule has 1 saturated carbocycles. The molecule has 1 aromatic heterocycles. The van der Waals surface area contributed by atoms with Gasteiger partial charge in [0.2, 0.25) is 0 Å². The molecule has 1 aliphatic heterocycles. The highest BCUT2D eigenvalue weighted by atomic mass is 32.2. The molecule has 5 rings (SSSR count). The van der Waals surface area contributed by atoms with Crippen molar-refractivity contribution in [3.05, 3.63) is 46.9 Å². The maximum atomic E-state index is 12.5. The number of aliphatic hydroxyl groups is 1. The van der Waals surface area contributed by atoms with Crippen LogP contribution in [0.15, 0.2) is 46.9 Å². The summed E-state index contributed by atoms with van der Waals surface area (Å²) in [7, 11) is 0. The van der Waals surface area contributed by atoms with Gasteiger partial charge < -0.3 is 15.1 Å². The van der Waals surface area contributed by atoms with Gasteiger partial charge in [0.1, 0.15) is 11.6 Å². The predicted octanol–water partition coefficient (Wildman–Crippen LogP) is 2.96. The largest absolute Gasteiger partial charge is 0.478 e. The molecule has 2 fully saturated rings. The van der Waals surface area contributed by atoms with Crippen LogP contribution in [0.1, 0.15) is 13.8 Å². The molecular formula is C23H24N2O4S. The van der Waals surface area contributed by atoms with Crippen LogP contribution < -0.4 is 4.90 Å². The van der Waals surface area contributed by atoms with Crippen LogP contribution >= 0.6 is 11.8 Å². The minimum absolute atomic E-state index is 0.0174. The molecule has 5 atom stereocenters. The number of hydrogen-bond donors (Lipinski definition) is 2. The first kappa shape index (κ1) is 19.6. The number of aromatic nitrogens is 1. The van der Waals surface area contributed by atoms with Crippen molar-refractivity contribution < 1.29 is 19.8 Å². The van der Waals surface area contributed by atoms with Gasteiger partial charge in [0.15, 0.2) is 0 Å². The number of para-hydroxylation sites is 1. The van der Waals surface area contributed by atoms with Crippen LogP contribution in [0.4, 0.5) is 5.82 Å². The van der Waals surface area contributed by atoms with E-state index in [2.05, 4.69) is 11.0 Å². The quantitative estimate of drug-likeness (QED) is 0.763. The summed E-state index contributed by atoms with van der Waals surface area (Å²) >= 11 is 1.60. The van der Waals surface area contributed by atoms with E-state index >= 15 is 0 Å². The monoisotopic (exact) mass is 424 g/mol.